The predicted molar refractivity (Wildman–Crippen MR) is 117 cm³/mol. The lowest BCUT2D eigenvalue weighted by Gasteiger charge is -2.22. The summed E-state index contributed by atoms with van der Waals surface area (Å²) in [5, 5.41) is 2.90. The molecule has 6 heteroatoms. The molecule has 1 amide bonds. The maximum absolute atomic E-state index is 11.2. The van der Waals surface area contributed by atoms with E-state index in [-0.39, 0.29) is 18.1 Å². The molecule has 6 nitrogen and oxygen atoms in total. The molecular formula is C24H30N2O4. The van der Waals surface area contributed by atoms with Gasteiger partial charge in [0.2, 0.25) is 5.91 Å². The standard InChI is InChI=1S/C24H30N2O4/c1-16(25-17(2)27)18-4-6-19(7-5-18)30-22-12-13-26(15-22)23-11-10-21(14-24(23)28-3)29-20-8-9-20/h4-7,10-11,14,16,20,22H,8-9,12-13,15H2,1-3H3,(H,25,27)/t16-,22?/m0/s1. The molecule has 2 aliphatic rings. The molecule has 0 aromatic heterocycles. The SMILES string of the molecule is COc1cc(OC2CC2)ccc1N1CCC(Oc2ccc([C@H](C)NC(C)=O)cc2)C1. The monoisotopic (exact) mass is 410 g/mol. The smallest absolute Gasteiger partial charge is 0.217 e. The van der Waals surface area contributed by atoms with Crippen LogP contribution < -0.4 is 24.4 Å². The van der Waals surface area contributed by atoms with Crippen LogP contribution in [0.1, 0.15) is 44.7 Å². The highest BCUT2D eigenvalue weighted by Crippen LogP contribution is 2.36. The van der Waals surface area contributed by atoms with Crippen LogP contribution in [0.4, 0.5) is 5.69 Å². The van der Waals surface area contributed by atoms with E-state index >= 15 is 0 Å². The number of anilines is 1. The first-order valence-electron chi connectivity index (χ1n) is 10.6. The number of rotatable bonds is 8. The molecule has 1 unspecified atom stereocenters. The van der Waals surface area contributed by atoms with Gasteiger partial charge in [0.25, 0.3) is 0 Å². The number of benzene rings is 2. The Bertz CT molecular complexity index is 879. The lowest BCUT2D eigenvalue weighted by atomic mass is 10.1. The van der Waals surface area contributed by atoms with Crippen LogP contribution in [0, 0.1) is 0 Å². The van der Waals surface area contributed by atoms with Gasteiger partial charge in [-0.1, -0.05) is 12.1 Å². The van der Waals surface area contributed by atoms with Gasteiger partial charge in [-0.25, -0.2) is 0 Å². The summed E-state index contributed by atoms with van der Waals surface area (Å²) in [7, 11) is 1.70. The van der Waals surface area contributed by atoms with Gasteiger partial charge < -0.3 is 24.4 Å². The molecule has 1 heterocycles. The summed E-state index contributed by atoms with van der Waals surface area (Å²) < 4.78 is 17.7. The van der Waals surface area contributed by atoms with Crippen molar-refractivity contribution in [2.45, 2.75) is 51.4 Å². The van der Waals surface area contributed by atoms with E-state index in [2.05, 4.69) is 16.3 Å². The molecule has 30 heavy (non-hydrogen) atoms. The summed E-state index contributed by atoms with van der Waals surface area (Å²) in [5.74, 6) is 2.53. The normalized spacial score (nSPS) is 19.3. The van der Waals surface area contributed by atoms with Crippen LogP contribution in [0.25, 0.3) is 0 Å². The van der Waals surface area contributed by atoms with E-state index in [1.807, 2.05) is 43.3 Å². The van der Waals surface area contributed by atoms with E-state index in [4.69, 9.17) is 14.2 Å². The number of nitrogens with zero attached hydrogens (tertiary/aromatic N) is 1. The number of methoxy groups -OCH3 is 1. The minimum absolute atomic E-state index is 0.0159. The summed E-state index contributed by atoms with van der Waals surface area (Å²) >= 11 is 0. The third kappa shape index (κ3) is 4.99. The fourth-order valence-corrected chi connectivity index (χ4v) is 3.83. The van der Waals surface area contributed by atoms with Crippen LogP contribution in [0.2, 0.25) is 0 Å². The molecule has 2 aromatic carbocycles. The van der Waals surface area contributed by atoms with Gasteiger partial charge in [-0.2, -0.15) is 0 Å². The zero-order chi connectivity index (χ0) is 21.1. The summed E-state index contributed by atoms with van der Waals surface area (Å²) in [5.41, 5.74) is 2.13. The Morgan fingerprint density at radius 2 is 1.73 bits per heavy atom. The van der Waals surface area contributed by atoms with Crippen LogP contribution in [0.3, 0.4) is 0 Å². The van der Waals surface area contributed by atoms with E-state index in [9.17, 15) is 4.79 Å². The zero-order valence-corrected chi connectivity index (χ0v) is 17.9. The summed E-state index contributed by atoms with van der Waals surface area (Å²) in [4.78, 5) is 13.5. The maximum atomic E-state index is 11.2. The Balaban J connectivity index is 1.36. The fraction of sp³-hybridized carbons (Fsp3) is 0.458. The Hall–Kier alpha value is -2.89. The van der Waals surface area contributed by atoms with Gasteiger partial charge in [-0.15, -0.1) is 0 Å². The Morgan fingerprint density at radius 3 is 2.40 bits per heavy atom. The maximum Gasteiger partial charge on any atom is 0.217 e. The summed E-state index contributed by atoms with van der Waals surface area (Å²) in [6, 6.07) is 14.0. The van der Waals surface area contributed by atoms with E-state index in [0.29, 0.717) is 6.10 Å². The number of ether oxygens (including phenoxy) is 3. The molecule has 2 aromatic rings. The van der Waals surface area contributed by atoms with Crippen molar-refractivity contribution in [2.24, 2.45) is 0 Å². The van der Waals surface area contributed by atoms with Crippen molar-refractivity contribution in [1.82, 2.24) is 5.32 Å². The number of nitrogens with one attached hydrogen (secondary N) is 1. The molecule has 1 saturated carbocycles. The Labute approximate surface area is 178 Å². The molecule has 0 radical (unpaired) electrons. The van der Waals surface area contributed by atoms with E-state index in [1.165, 1.54) is 6.92 Å². The molecular weight excluding hydrogens is 380 g/mol. The minimum Gasteiger partial charge on any atom is -0.494 e. The first-order valence-corrected chi connectivity index (χ1v) is 10.6. The van der Waals surface area contributed by atoms with Crippen LogP contribution in [-0.4, -0.2) is 38.3 Å². The van der Waals surface area contributed by atoms with Crippen molar-refractivity contribution in [3.05, 3.63) is 48.0 Å². The zero-order valence-electron chi connectivity index (χ0n) is 17.9. The quantitative estimate of drug-likeness (QED) is 0.710. The van der Waals surface area contributed by atoms with Gasteiger partial charge in [0.1, 0.15) is 23.4 Å². The Kier molecular flexibility index (Phi) is 6.02. The second kappa shape index (κ2) is 8.86. The molecule has 4 rings (SSSR count). The second-order valence-electron chi connectivity index (χ2n) is 8.12. The van der Waals surface area contributed by atoms with E-state index in [0.717, 1.165) is 60.9 Å². The summed E-state index contributed by atoms with van der Waals surface area (Å²) in [6.45, 7) is 5.23. The highest BCUT2D eigenvalue weighted by atomic mass is 16.5. The minimum atomic E-state index is -0.0311. The summed E-state index contributed by atoms with van der Waals surface area (Å²) in [6.07, 6.45) is 3.73. The van der Waals surface area contributed by atoms with Crippen molar-refractivity contribution in [3.63, 3.8) is 0 Å². The third-order valence-corrected chi connectivity index (χ3v) is 5.57. The van der Waals surface area contributed by atoms with E-state index in [1.54, 1.807) is 7.11 Å². The highest BCUT2D eigenvalue weighted by Gasteiger charge is 2.27. The van der Waals surface area contributed by atoms with Gasteiger partial charge >= 0.3 is 0 Å². The average Bonchev–Trinajstić information content (AvgIpc) is 3.43. The average molecular weight is 411 g/mol. The van der Waals surface area contributed by atoms with Crippen LogP contribution in [0.5, 0.6) is 17.2 Å². The van der Waals surface area contributed by atoms with Gasteiger partial charge in [-0.05, 0) is 49.6 Å². The molecule has 160 valence electrons. The first-order chi connectivity index (χ1) is 14.5. The van der Waals surface area contributed by atoms with Gasteiger partial charge in [0.15, 0.2) is 0 Å². The van der Waals surface area contributed by atoms with Crippen LogP contribution in [-0.2, 0) is 4.79 Å². The van der Waals surface area contributed by atoms with Crippen LogP contribution in [0.15, 0.2) is 42.5 Å². The topological polar surface area (TPSA) is 60.0 Å². The fourth-order valence-electron chi connectivity index (χ4n) is 3.83. The number of carbonyl (C=O) groups is 1. The molecule has 2 fully saturated rings. The lowest BCUT2D eigenvalue weighted by Crippen LogP contribution is -2.25. The highest BCUT2D eigenvalue weighted by molar-refractivity contribution is 5.73. The van der Waals surface area contributed by atoms with Crippen molar-refractivity contribution < 1.29 is 19.0 Å². The number of hydrogen-bond donors (Lipinski definition) is 1. The van der Waals surface area contributed by atoms with E-state index < -0.39 is 0 Å². The molecule has 1 N–H and O–H groups in total. The van der Waals surface area contributed by atoms with Gasteiger partial charge in [0.05, 0.1) is 31.5 Å². The van der Waals surface area contributed by atoms with Crippen molar-refractivity contribution in [1.29, 1.82) is 0 Å². The molecule has 0 bridgehead atoms. The van der Waals surface area contributed by atoms with Crippen molar-refractivity contribution in [3.8, 4) is 17.2 Å². The van der Waals surface area contributed by atoms with Gasteiger partial charge in [0, 0.05) is 26.0 Å². The Morgan fingerprint density at radius 1 is 1.03 bits per heavy atom. The largest absolute Gasteiger partial charge is 0.494 e. The molecule has 1 saturated heterocycles. The molecule has 0 spiro atoms. The number of hydrogen-bond acceptors (Lipinski definition) is 5. The van der Waals surface area contributed by atoms with Gasteiger partial charge in [-0.3, -0.25) is 4.79 Å². The van der Waals surface area contributed by atoms with Crippen LogP contribution >= 0.6 is 0 Å². The molecule has 2 atom stereocenters. The van der Waals surface area contributed by atoms with Crippen molar-refractivity contribution >= 4 is 11.6 Å². The molecule has 1 aliphatic heterocycles. The third-order valence-electron chi connectivity index (χ3n) is 5.57. The number of carbonyl (C=O) groups excluding carboxylic acids is 1. The lowest BCUT2D eigenvalue weighted by molar-refractivity contribution is -0.119. The second-order valence-corrected chi connectivity index (χ2v) is 8.12. The predicted octanol–water partition coefficient (Wildman–Crippen LogP) is 4.09. The molecule has 1 aliphatic carbocycles. The van der Waals surface area contributed by atoms with Crippen molar-refractivity contribution in [2.75, 3.05) is 25.1 Å². The first kappa shape index (κ1) is 20.4. The number of amides is 1.